The number of amides is 2. The molecule has 0 unspecified atom stereocenters. The summed E-state index contributed by atoms with van der Waals surface area (Å²) < 4.78 is 24.6. The first-order chi connectivity index (χ1) is 11.9. The lowest BCUT2D eigenvalue weighted by Crippen LogP contribution is -2.53. The molecule has 0 bridgehead atoms. The van der Waals surface area contributed by atoms with E-state index in [1.54, 1.807) is 4.90 Å². The SMILES string of the molecule is CN[C@@H]1CN(C(=O)N2CCN(S(C)(=O)=O)CC2)C[C@H]1c1ccccc1. The smallest absolute Gasteiger partial charge is 0.320 e. The summed E-state index contributed by atoms with van der Waals surface area (Å²) in [5, 5.41) is 3.33. The minimum absolute atomic E-state index is 0.00633. The van der Waals surface area contributed by atoms with Gasteiger partial charge < -0.3 is 15.1 Å². The minimum Gasteiger partial charge on any atom is -0.322 e. The topological polar surface area (TPSA) is 73.0 Å². The number of hydrogen-bond donors (Lipinski definition) is 1. The van der Waals surface area contributed by atoms with Gasteiger partial charge in [-0.05, 0) is 12.6 Å². The van der Waals surface area contributed by atoms with Crippen molar-refractivity contribution in [2.45, 2.75) is 12.0 Å². The Kier molecular flexibility index (Phi) is 5.31. The maximum Gasteiger partial charge on any atom is 0.320 e. The van der Waals surface area contributed by atoms with Gasteiger partial charge in [-0.2, -0.15) is 4.31 Å². The zero-order valence-corrected chi connectivity index (χ0v) is 15.6. The van der Waals surface area contributed by atoms with E-state index in [0.29, 0.717) is 39.3 Å². The molecule has 0 radical (unpaired) electrons. The molecule has 0 spiro atoms. The number of carbonyl (C=O) groups is 1. The van der Waals surface area contributed by atoms with Gasteiger partial charge in [0.2, 0.25) is 10.0 Å². The number of hydrogen-bond acceptors (Lipinski definition) is 4. The number of rotatable bonds is 3. The normalized spacial score (nSPS) is 25.4. The van der Waals surface area contributed by atoms with E-state index in [1.165, 1.54) is 16.1 Å². The molecule has 7 nitrogen and oxygen atoms in total. The third-order valence-corrected chi connectivity index (χ3v) is 6.47. The van der Waals surface area contributed by atoms with E-state index < -0.39 is 10.0 Å². The van der Waals surface area contributed by atoms with Crippen molar-refractivity contribution < 1.29 is 13.2 Å². The van der Waals surface area contributed by atoms with Gasteiger partial charge in [0.15, 0.2) is 0 Å². The van der Waals surface area contributed by atoms with Crippen LogP contribution in [0.25, 0.3) is 0 Å². The van der Waals surface area contributed by atoms with Gasteiger partial charge in [-0.25, -0.2) is 13.2 Å². The molecule has 2 amide bonds. The Bertz CT molecular complexity index is 702. The monoisotopic (exact) mass is 366 g/mol. The van der Waals surface area contributed by atoms with Gasteiger partial charge in [0.1, 0.15) is 0 Å². The molecule has 0 saturated carbocycles. The maximum absolute atomic E-state index is 12.9. The number of carbonyl (C=O) groups excluding carboxylic acids is 1. The fourth-order valence-electron chi connectivity index (χ4n) is 3.70. The molecule has 2 fully saturated rings. The molecule has 0 aromatic heterocycles. The first-order valence-corrected chi connectivity index (χ1v) is 10.5. The lowest BCUT2D eigenvalue weighted by atomic mass is 9.95. The molecule has 2 atom stereocenters. The average Bonchev–Trinajstić information content (AvgIpc) is 3.05. The predicted octanol–water partition coefficient (Wildman–Crippen LogP) is 0.371. The summed E-state index contributed by atoms with van der Waals surface area (Å²) in [6.45, 7) is 2.99. The average molecular weight is 366 g/mol. The van der Waals surface area contributed by atoms with E-state index in [1.807, 2.05) is 30.1 Å². The van der Waals surface area contributed by atoms with Crippen LogP contribution in [0.2, 0.25) is 0 Å². The predicted molar refractivity (Wildman–Crippen MR) is 97.0 cm³/mol. The molecular weight excluding hydrogens is 340 g/mol. The Balaban J connectivity index is 1.64. The number of nitrogens with zero attached hydrogens (tertiary/aromatic N) is 3. The second kappa shape index (κ2) is 7.31. The number of piperazine rings is 1. The number of likely N-dealkylation sites (tertiary alicyclic amines) is 1. The Morgan fingerprint density at radius 2 is 1.68 bits per heavy atom. The van der Waals surface area contributed by atoms with Crippen molar-refractivity contribution in [1.29, 1.82) is 0 Å². The standard InChI is InChI=1S/C17H26N4O3S/c1-18-16-13-20(12-15(16)14-6-4-3-5-7-14)17(22)19-8-10-21(11-9-19)25(2,23)24/h3-7,15-16,18H,8-13H2,1-2H3/t15-,16+/m0/s1. The summed E-state index contributed by atoms with van der Waals surface area (Å²) >= 11 is 0. The van der Waals surface area contributed by atoms with E-state index in [0.717, 1.165) is 0 Å². The van der Waals surface area contributed by atoms with Crippen molar-refractivity contribution in [2.24, 2.45) is 0 Å². The number of benzene rings is 1. The number of nitrogens with one attached hydrogen (secondary N) is 1. The third kappa shape index (κ3) is 3.96. The molecule has 2 aliphatic rings. The highest BCUT2D eigenvalue weighted by Crippen LogP contribution is 2.28. The van der Waals surface area contributed by atoms with Crippen LogP contribution in [-0.4, -0.2) is 87.2 Å². The molecule has 138 valence electrons. The van der Waals surface area contributed by atoms with Crippen molar-refractivity contribution >= 4 is 16.1 Å². The molecule has 8 heteroatoms. The molecule has 1 aromatic carbocycles. The maximum atomic E-state index is 12.9. The molecule has 2 aliphatic heterocycles. The fraction of sp³-hybridized carbons (Fsp3) is 0.588. The van der Waals surface area contributed by atoms with Crippen LogP contribution in [0.15, 0.2) is 30.3 Å². The van der Waals surface area contributed by atoms with Crippen LogP contribution in [0, 0.1) is 0 Å². The second-order valence-electron chi connectivity index (χ2n) is 6.75. The lowest BCUT2D eigenvalue weighted by molar-refractivity contribution is 0.141. The Hall–Kier alpha value is -1.64. The highest BCUT2D eigenvalue weighted by molar-refractivity contribution is 7.88. The van der Waals surface area contributed by atoms with Crippen molar-refractivity contribution in [3.63, 3.8) is 0 Å². The Morgan fingerprint density at radius 1 is 1.04 bits per heavy atom. The van der Waals surface area contributed by atoms with E-state index in [2.05, 4.69) is 17.4 Å². The van der Waals surface area contributed by atoms with Crippen LogP contribution in [0.3, 0.4) is 0 Å². The van der Waals surface area contributed by atoms with E-state index in [4.69, 9.17) is 0 Å². The highest BCUT2D eigenvalue weighted by atomic mass is 32.2. The molecule has 2 heterocycles. The van der Waals surface area contributed by atoms with Crippen LogP contribution < -0.4 is 5.32 Å². The van der Waals surface area contributed by atoms with Gasteiger partial charge in [0.25, 0.3) is 0 Å². The van der Waals surface area contributed by atoms with Gasteiger partial charge in [0.05, 0.1) is 6.26 Å². The molecular formula is C17H26N4O3S. The third-order valence-electron chi connectivity index (χ3n) is 5.17. The van der Waals surface area contributed by atoms with Crippen molar-refractivity contribution in [3.05, 3.63) is 35.9 Å². The molecule has 2 saturated heterocycles. The summed E-state index contributed by atoms with van der Waals surface area (Å²) in [7, 11) is -1.25. The van der Waals surface area contributed by atoms with E-state index in [-0.39, 0.29) is 18.0 Å². The number of urea groups is 1. The molecule has 25 heavy (non-hydrogen) atoms. The summed E-state index contributed by atoms with van der Waals surface area (Å²) in [6, 6.07) is 10.5. The summed E-state index contributed by atoms with van der Waals surface area (Å²) in [4.78, 5) is 16.5. The summed E-state index contributed by atoms with van der Waals surface area (Å²) in [5.74, 6) is 0.271. The zero-order valence-electron chi connectivity index (χ0n) is 14.8. The van der Waals surface area contributed by atoms with Crippen LogP contribution in [-0.2, 0) is 10.0 Å². The quantitative estimate of drug-likeness (QED) is 0.839. The Labute approximate surface area is 149 Å². The van der Waals surface area contributed by atoms with Gasteiger partial charge in [0, 0.05) is 51.2 Å². The van der Waals surface area contributed by atoms with Crippen molar-refractivity contribution in [2.75, 3.05) is 52.6 Å². The van der Waals surface area contributed by atoms with E-state index in [9.17, 15) is 13.2 Å². The highest BCUT2D eigenvalue weighted by Gasteiger charge is 2.37. The molecule has 3 rings (SSSR count). The van der Waals surface area contributed by atoms with Crippen molar-refractivity contribution in [3.8, 4) is 0 Å². The van der Waals surface area contributed by atoms with Crippen LogP contribution in [0.4, 0.5) is 4.79 Å². The molecule has 1 aromatic rings. The summed E-state index contributed by atoms with van der Waals surface area (Å²) in [5.41, 5.74) is 1.24. The van der Waals surface area contributed by atoms with Crippen LogP contribution in [0.1, 0.15) is 11.5 Å². The second-order valence-corrected chi connectivity index (χ2v) is 8.73. The minimum atomic E-state index is -3.18. The van der Waals surface area contributed by atoms with Gasteiger partial charge in [-0.15, -0.1) is 0 Å². The van der Waals surface area contributed by atoms with Crippen LogP contribution in [0.5, 0.6) is 0 Å². The fourth-order valence-corrected chi connectivity index (χ4v) is 4.53. The van der Waals surface area contributed by atoms with E-state index >= 15 is 0 Å². The van der Waals surface area contributed by atoms with Gasteiger partial charge >= 0.3 is 6.03 Å². The van der Waals surface area contributed by atoms with Gasteiger partial charge in [-0.3, -0.25) is 0 Å². The molecule has 1 N–H and O–H groups in total. The van der Waals surface area contributed by atoms with Gasteiger partial charge in [-0.1, -0.05) is 30.3 Å². The zero-order chi connectivity index (χ0) is 18.0. The number of sulfonamides is 1. The first kappa shape index (κ1) is 18.2. The number of likely N-dealkylation sites (N-methyl/N-ethyl adjacent to an activating group) is 1. The van der Waals surface area contributed by atoms with Crippen LogP contribution >= 0.6 is 0 Å². The summed E-state index contributed by atoms with van der Waals surface area (Å²) in [6.07, 6.45) is 1.22. The first-order valence-electron chi connectivity index (χ1n) is 8.61. The molecule has 0 aliphatic carbocycles. The largest absolute Gasteiger partial charge is 0.322 e. The lowest BCUT2D eigenvalue weighted by Gasteiger charge is -2.35. The Morgan fingerprint density at radius 3 is 2.24 bits per heavy atom. The van der Waals surface area contributed by atoms with Crippen molar-refractivity contribution in [1.82, 2.24) is 19.4 Å².